The smallest absolute Gasteiger partial charge is 0.254 e. The summed E-state index contributed by atoms with van der Waals surface area (Å²) in [5, 5.41) is 0.394. The molecule has 1 fully saturated rings. The molecule has 1 heterocycles. The van der Waals surface area contributed by atoms with Gasteiger partial charge in [-0.2, -0.15) is 0 Å². The normalized spacial score (nSPS) is 17.6. The number of hydrogen-bond donors (Lipinski definition) is 1. The number of hydrogen-bond acceptors (Lipinski definition) is 4. The average molecular weight is 327 g/mol. The standard InChI is InChI=1S/C16H23ClN2O3/c1-3-6-22-15-13(17)7-12(8-14(15)21-2)16(20)19-5-4-11(9-18)10-19/h7-8,11H,3-6,9-10,18H2,1-2H3/t11-/m0/s1. The van der Waals surface area contributed by atoms with Crippen LogP contribution in [0.5, 0.6) is 11.5 Å². The van der Waals surface area contributed by atoms with Crippen LogP contribution in [0.4, 0.5) is 0 Å². The number of carbonyl (C=O) groups excluding carboxylic acids is 1. The van der Waals surface area contributed by atoms with Gasteiger partial charge < -0.3 is 20.1 Å². The third kappa shape index (κ3) is 3.65. The zero-order chi connectivity index (χ0) is 16.1. The molecule has 1 atom stereocenters. The van der Waals surface area contributed by atoms with Crippen LogP contribution in [0.1, 0.15) is 30.1 Å². The van der Waals surface area contributed by atoms with Crippen LogP contribution < -0.4 is 15.2 Å². The van der Waals surface area contributed by atoms with E-state index in [0.717, 1.165) is 19.4 Å². The van der Waals surface area contributed by atoms with Crippen molar-refractivity contribution in [1.29, 1.82) is 0 Å². The highest BCUT2D eigenvalue weighted by Gasteiger charge is 2.27. The van der Waals surface area contributed by atoms with Crippen molar-refractivity contribution in [3.8, 4) is 11.5 Å². The van der Waals surface area contributed by atoms with Crippen LogP contribution in [-0.2, 0) is 0 Å². The fourth-order valence-electron chi connectivity index (χ4n) is 2.58. The number of nitrogens with two attached hydrogens (primary N) is 1. The molecule has 0 bridgehead atoms. The Kier molecular flexibility index (Phi) is 5.91. The maximum absolute atomic E-state index is 12.6. The molecule has 6 heteroatoms. The maximum Gasteiger partial charge on any atom is 0.254 e. The highest BCUT2D eigenvalue weighted by molar-refractivity contribution is 6.32. The summed E-state index contributed by atoms with van der Waals surface area (Å²) in [4.78, 5) is 14.4. The van der Waals surface area contributed by atoms with Gasteiger partial charge in [-0.25, -0.2) is 0 Å². The third-order valence-electron chi connectivity index (χ3n) is 3.83. The topological polar surface area (TPSA) is 64.8 Å². The molecule has 0 spiro atoms. The van der Waals surface area contributed by atoms with E-state index in [2.05, 4.69) is 0 Å². The largest absolute Gasteiger partial charge is 0.493 e. The van der Waals surface area contributed by atoms with Crippen LogP contribution in [-0.4, -0.2) is 44.2 Å². The molecular weight excluding hydrogens is 304 g/mol. The van der Waals surface area contributed by atoms with E-state index in [4.69, 9.17) is 26.8 Å². The monoisotopic (exact) mass is 326 g/mol. The van der Waals surface area contributed by atoms with Gasteiger partial charge in [0.05, 0.1) is 18.7 Å². The Bertz CT molecular complexity index is 536. The van der Waals surface area contributed by atoms with Crippen molar-refractivity contribution >= 4 is 17.5 Å². The molecule has 1 aromatic rings. The zero-order valence-corrected chi connectivity index (χ0v) is 13.9. The number of methoxy groups -OCH3 is 1. The van der Waals surface area contributed by atoms with Crippen LogP contribution in [0, 0.1) is 5.92 Å². The number of amides is 1. The van der Waals surface area contributed by atoms with Gasteiger partial charge in [0.1, 0.15) is 0 Å². The van der Waals surface area contributed by atoms with Crippen molar-refractivity contribution in [2.24, 2.45) is 11.7 Å². The van der Waals surface area contributed by atoms with E-state index in [1.165, 1.54) is 0 Å². The van der Waals surface area contributed by atoms with Gasteiger partial charge in [-0.1, -0.05) is 18.5 Å². The van der Waals surface area contributed by atoms with Crippen molar-refractivity contribution in [3.05, 3.63) is 22.7 Å². The molecule has 2 rings (SSSR count). The summed E-state index contributed by atoms with van der Waals surface area (Å²) >= 11 is 6.26. The van der Waals surface area contributed by atoms with Crippen molar-refractivity contribution in [3.63, 3.8) is 0 Å². The van der Waals surface area contributed by atoms with Gasteiger partial charge >= 0.3 is 0 Å². The van der Waals surface area contributed by atoms with Crippen molar-refractivity contribution in [2.75, 3.05) is 33.4 Å². The van der Waals surface area contributed by atoms with Gasteiger partial charge in [-0.3, -0.25) is 4.79 Å². The predicted octanol–water partition coefficient (Wildman–Crippen LogP) is 2.56. The first-order valence-electron chi connectivity index (χ1n) is 7.60. The summed E-state index contributed by atoms with van der Waals surface area (Å²) in [6.07, 6.45) is 1.82. The lowest BCUT2D eigenvalue weighted by Crippen LogP contribution is -2.29. The van der Waals surface area contributed by atoms with Crippen LogP contribution in [0.3, 0.4) is 0 Å². The molecule has 0 saturated carbocycles. The summed E-state index contributed by atoms with van der Waals surface area (Å²) in [6, 6.07) is 3.34. The molecule has 1 aliphatic rings. The Morgan fingerprint density at radius 1 is 1.50 bits per heavy atom. The lowest BCUT2D eigenvalue weighted by molar-refractivity contribution is 0.0787. The molecule has 0 unspecified atom stereocenters. The molecule has 22 heavy (non-hydrogen) atoms. The van der Waals surface area contributed by atoms with Crippen LogP contribution >= 0.6 is 11.6 Å². The van der Waals surface area contributed by atoms with Crippen molar-refractivity contribution in [1.82, 2.24) is 4.90 Å². The zero-order valence-electron chi connectivity index (χ0n) is 13.1. The van der Waals surface area contributed by atoms with E-state index in [-0.39, 0.29) is 5.91 Å². The van der Waals surface area contributed by atoms with E-state index >= 15 is 0 Å². The Hall–Kier alpha value is -1.46. The molecule has 1 aromatic carbocycles. The molecule has 2 N–H and O–H groups in total. The fourth-order valence-corrected chi connectivity index (χ4v) is 2.84. The summed E-state index contributed by atoms with van der Waals surface area (Å²) in [6.45, 7) is 4.60. The minimum atomic E-state index is -0.0433. The Labute approximate surface area is 136 Å². The molecule has 1 aliphatic heterocycles. The molecule has 1 saturated heterocycles. The molecule has 1 amide bonds. The number of benzene rings is 1. The molecule has 122 valence electrons. The maximum atomic E-state index is 12.6. The molecule has 0 aliphatic carbocycles. The van der Waals surface area contributed by atoms with Crippen molar-refractivity contribution in [2.45, 2.75) is 19.8 Å². The summed E-state index contributed by atoms with van der Waals surface area (Å²) in [5.41, 5.74) is 6.19. The minimum absolute atomic E-state index is 0.0433. The molecular formula is C16H23ClN2O3. The summed E-state index contributed by atoms with van der Waals surface area (Å²) < 4.78 is 10.9. The number of likely N-dealkylation sites (tertiary alicyclic amines) is 1. The summed E-state index contributed by atoms with van der Waals surface area (Å²) in [5.74, 6) is 1.31. The quantitative estimate of drug-likeness (QED) is 0.872. The highest BCUT2D eigenvalue weighted by atomic mass is 35.5. The van der Waals surface area contributed by atoms with Crippen molar-refractivity contribution < 1.29 is 14.3 Å². The fraction of sp³-hybridized carbons (Fsp3) is 0.562. The SMILES string of the molecule is CCCOc1c(Cl)cc(C(=O)N2CC[C@@H](CN)C2)cc1OC. The second kappa shape index (κ2) is 7.70. The second-order valence-corrected chi connectivity index (χ2v) is 5.89. The molecule has 0 radical (unpaired) electrons. The van der Waals surface area contributed by atoms with Gasteiger partial charge in [0.25, 0.3) is 5.91 Å². The van der Waals surface area contributed by atoms with Crippen LogP contribution in [0.15, 0.2) is 12.1 Å². The number of halogens is 1. The molecule has 0 aromatic heterocycles. The van der Waals surface area contributed by atoms with E-state index in [1.807, 2.05) is 11.8 Å². The Balaban J connectivity index is 2.21. The Morgan fingerprint density at radius 3 is 2.86 bits per heavy atom. The lowest BCUT2D eigenvalue weighted by atomic mass is 10.1. The van der Waals surface area contributed by atoms with Gasteiger partial charge in [-0.15, -0.1) is 0 Å². The first-order valence-corrected chi connectivity index (χ1v) is 7.98. The number of rotatable bonds is 6. The first-order chi connectivity index (χ1) is 10.6. The lowest BCUT2D eigenvalue weighted by Gasteiger charge is -2.18. The highest BCUT2D eigenvalue weighted by Crippen LogP contribution is 2.37. The van der Waals surface area contributed by atoms with E-state index in [1.54, 1.807) is 19.2 Å². The Morgan fingerprint density at radius 2 is 2.27 bits per heavy atom. The number of nitrogens with zero attached hydrogens (tertiary/aromatic N) is 1. The van der Waals surface area contributed by atoms with Gasteiger partial charge in [-0.05, 0) is 37.4 Å². The number of carbonyl (C=O) groups is 1. The van der Waals surface area contributed by atoms with Crippen LogP contribution in [0.2, 0.25) is 5.02 Å². The van der Waals surface area contributed by atoms with E-state index < -0.39 is 0 Å². The third-order valence-corrected chi connectivity index (χ3v) is 4.11. The van der Waals surface area contributed by atoms with E-state index in [0.29, 0.717) is 47.7 Å². The van der Waals surface area contributed by atoms with E-state index in [9.17, 15) is 4.79 Å². The number of ether oxygens (including phenoxy) is 2. The minimum Gasteiger partial charge on any atom is -0.493 e. The first kappa shape index (κ1) is 16.9. The summed E-state index contributed by atoms with van der Waals surface area (Å²) in [7, 11) is 1.54. The van der Waals surface area contributed by atoms with Crippen LogP contribution in [0.25, 0.3) is 0 Å². The van der Waals surface area contributed by atoms with Gasteiger partial charge in [0, 0.05) is 18.7 Å². The average Bonchev–Trinajstić information content (AvgIpc) is 3.01. The predicted molar refractivity (Wildman–Crippen MR) is 86.9 cm³/mol. The van der Waals surface area contributed by atoms with Gasteiger partial charge in [0.2, 0.25) is 0 Å². The second-order valence-electron chi connectivity index (χ2n) is 5.48. The van der Waals surface area contributed by atoms with Gasteiger partial charge in [0.15, 0.2) is 11.5 Å². The molecule has 5 nitrogen and oxygen atoms in total.